The van der Waals surface area contributed by atoms with E-state index in [-0.39, 0.29) is 42.8 Å². The molecular weight excluding hydrogens is 432 g/mol. The van der Waals surface area contributed by atoms with Gasteiger partial charge in [0.15, 0.2) is 0 Å². The van der Waals surface area contributed by atoms with Gasteiger partial charge >= 0.3 is 0 Å². The number of nitrogens with zero attached hydrogens (tertiary/aromatic N) is 1. The standard InChI is InChI=1S/C14H13NO.C12H21N3O3/c16-11-15-14(12-7-3-1-4-8-12)13-9-5-2-6-10-13;1-7-4-5-10-15(7)12(17)11(8(2)18-10)14-9(16)6-13-3/h1-11,14H,(H,15,16);7-8,10-11,13H,4-6H2,1-3H3,(H,14,16)/t;7?,8?,10?,11-/m.0/s1. The molecule has 4 atom stereocenters. The number of fused-ring (bicyclic) bond motifs is 1. The highest BCUT2D eigenvalue weighted by Crippen LogP contribution is 2.31. The lowest BCUT2D eigenvalue weighted by Crippen LogP contribution is -2.62. The van der Waals surface area contributed by atoms with Crippen LogP contribution in [0.25, 0.3) is 0 Å². The Morgan fingerprint density at radius 3 is 2.18 bits per heavy atom. The number of amides is 3. The lowest BCUT2D eigenvalue weighted by molar-refractivity contribution is -0.176. The Balaban J connectivity index is 0.000000192. The van der Waals surface area contributed by atoms with Gasteiger partial charge in [0.2, 0.25) is 18.2 Å². The molecule has 3 amide bonds. The first-order valence-corrected chi connectivity index (χ1v) is 11.7. The normalized spacial score (nSPS) is 23.5. The zero-order chi connectivity index (χ0) is 24.5. The van der Waals surface area contributed by atoms with Gasteiger partial charge in [0.1, 0.15) is 12.3 Å². The van der Waals surface area contributed by atoms with Crippen molar-refractivity contribution in [3.8, 4) is 0 Å². The SMILES string of the molecule is CNCC(=O)N[C@@H]1C(=O)N2C(C)CCC2OC1C.O=CNC(c1ccccc1)c1ccccc1. The van der Waals surface area contributed by atoms with E-state index in [0.717, 1.165) is 30.4 Å². The Bertz CT molecular complexity index is 901. The van der Waals surface area contributed by atoms with Gasteiger partial charge in [0.05, 0.1) is 18.7 Å². The number of nitrogens with one attached hydrogen (secondary N) is 3. The molecule has 34 heavy (non-hydrogen) atoms. The molecule has 0 bridgehead atoms. The predicted molar refractivity (Wildman–Crippen MR) is 130 cm³/mol. The third kappa shape index (κ3) is 6.21. The van der Waals surface area contributed by atoms with Gasteiger partial charge in [0.25, 0.3) is 0 Å². The van der Waals surface area contributed by atoms with Crippen LogP contribution in [0.2, 0.25) is 0 Å². The fourth-order valence-corrected chi connectivity index (χ4v) is 4.43. The maximum atomic E-state index is 12.4. The van der Waals surface area contributed by atoms with E-state index in [0.29, 0.717) is 0 Å². The van der Waals surface area contributed by atoms with Crippen molar-refractivity contribution in [3.05, 3.63) is 71.8 Å². The first-order valence-electron chi connectivity index (χ1n) is 11.7. The van der Waals surface area contributed by atoms with Gasteiger partial charge in [-0.2, -0.15) is 0 Å². The number of likely N-dealkylation sites (N-methyl/N-ethyl adjacent to an activating group) is 1. The summed E-state index contributed by atoms with van der Waals surface area (Å²) < 4.78 is 5.81. The predicted octanol–water partition coefficient (Wildman–Crippen LogP) is 1.97. The van der Waals surface area contributed by atoms with Gasteiger partial charge in [-0.1, -0.05) is 60.7 Å². The van der Waals surface area contributed by atoms with Crippen LogP contribution in [0.3, 0.4) is 0 Å². The van der Waals surface area contributed by atoms with Gasteiger partial charge in [0, 0.05) is 6.04 Å². The Hall–Kier alpha value is -3.23. The number of benzene rings is 2. The van der Waals surface area contributed by atoms with Crippen LogP contribution in [-0.4, -0.2) is 61.1 Å². The lowest BCUT2D eigenvalue weighted by atomic mass is 9.99. The fraction of sp³-hybridized carbons (Fsp3) is 0.423. The zero-order valence-electron chi connectivity index (χ0n) is 19.9. The molecule has 0 saturated carbocycles. The van der Waals surface area contributed by atoms with Crippen LogP contribution in [0.5, 0.6) is 0 Å². The third-order valence-corrected chi connectivity index (χ3v) is 6.13. The third-order valence-electron chi connectivity index (χ3n) is 6.13. The molecule has 2 fully saturated rings. The topological polar surface area (TPSA) is 99.8 Å². The quantitative estimate of drug-likeness (QED) is 0.542. The van der Waals surface area contributed by atoms with Gasteiger partial charge in [-0.15, -0.1) is 0 Å². The molecule has 0 aromatic heterocycles. The minimum Gasteiger partial charge on any atom is -0.353 e. The van der Waals surface area contributed by atoms with Crippen LogP contribution in [-0.2, 0) is 19.1 Å². The summed E-state index contributed by atoms with van der Waals surface area (Å²) in [5.74, 6) is -0.204. The van der Waals surface area contributed by atoms with Crippen LogP contribution in [0, 0.1) is 0 Å². The van der Waals surface area contributed by atoms with Gasteiger partial charge in [-0.25, -0.2) is 0 Å². The number of hydrogen-bond acceptors (Lipinski definition) is 5. The summed E-state index contributed by atoms with van der Waals surface area (Å²) >= 11 is 0. The molecule has 3 N–H and O–H groups in total. The summed E-state index contributed by atoms with van der Waals surface area (Å²) in [6.07, 6.45) is 2.20. The average Bonchev–Trinajstić information content (AvgIpc) is 3.22. The largest absolute Gasteiger partial charge is 0.353 e. The summed E-state index contributed by atoms with van der Waals surface area (Å²) in [6.45, 7) is 4.06. The molecule has 182 valence electrons. The van der Waals surface area contributed by atoms with Crippen LogP contribution in [0.4, 0.5) is 0 Å². The van der Waals surface area contributed by atoms with Crippen molar-refractivity contribution in [2.75, 3.05) is 13.6 Å². The number of carbonyl (C=O) groups excluding carboxylic acids is 3. The van der Waals surface area contributed by atoms with Crippen LogP contribution < -0.4 is 16.0 Å². The van der Waals surface area contributed by atoms with Crippen LogP contribution >= 0.6 is 0 Å². The molecule has 0 spiro atoms. The minimum atomic E-state index is -0.567. The number of hydrogen-bond donors (Lipinski definition) is 3. The van der Waals surface area contributed by atoms with E-state index in [9.17, 15) is 14.4 Å². The van der Waals surface area contributed by atoms with Crippen LogP contribution in [0.1, 0.15) is 43.9 Å². The van der Waals surface area contributed by atoms with Crippen molar-refractivity contribution in [3.63, 3.8) is 0 Å². The first kappa shape index (κ1) is 25.4. The van der Waals surface area contributed by atoms with E-state index >= 15 is 0 Å². The van der Waals surface area contributed by atoms with Crippen molar-refractivity contribution in [2.45, 2.75) is 57.1 Å². The number of carbonyl (C=O) groups is 3. The smallest absolute Gasteiger partial charge is 0.250 e. The summed E-state index contributed by atoms with van der Waals surface area (Å²) in [5, 5.41) is 8.33. The highest BCUT2D eigenvalue weighted by atomic mass is 16.5. The second-order valence-electron chi connectivity index (χ2n) is 8.58. The van der Waals surface area contributed by atoms with E-state index in [1.54, 1.807) is 11.9 Å². The molecule has 4 rings (SSSR count). The van der Waals surface area contributed by atoms with Crippen molar-refractivity contribution in [1.82, 2.24) is 20.9 Å². The molecule has 8 heteroatoms. The van der Waals surface area contributed by atoms with Gasteiger partial charge < -0.3 is 25.6 Å². The zero-order valence-corrected chi connectivity index (χ0v) is 19.9. The van der Waals surface area contributed by atoms with E-state index in [1.807, 2.05) is 74.5 Å². The molecule has 0 radical (unpaired) electrons. The highest BCUT2D eigenvalue weighted by Gasteiger charge is 2.46. The first-order chi connectivity index (χ1) is 16.5. The monoisotopic (exact) mass is 466 g/mol. The Morgan fingerprint density at radius 2 is 1.65 bits per heavy atom. The highest BCUT2D eigenvalue weighted by molar-refractivity contribution is 5.89. The van der Waals surface area contributed by atoms with E-state index in [1.165, 1.54) is 0 Å². The summed E-state index contributed by atoms with van der Waals surface area (Å²) in [5.41, 5.74) is 2.17. The van der Waals surface area contributed by atoms with Crippen molar-refractivity contribution >= 4 is 18.2 Å². The average molecular weight is 467 g/mol. The Morgan fingerprint density at radius 1 is 1.06 bits per heavy atom. The number of ether oxygens (including phenoxy) is 1. The Kier molecular flexibility index (Phi) is 9.18. The van der Waals surface area contributed by atoms with Crippen molar-refractivity contribution in [2.24, 2.45) is 0 Å². The van der Waals surface area contributed by atoms with Gasteiger partial charge in [-0.05, 0) is 44.9 Å². The maximum absolute atomic E-state index is 12.4. The molecule has 0 aliphatic carbocycles. The number of rotatable bonds is 7. The summed E-state index contributed by atoms with van der Waals surface area (Å²) in [6, 6.07) is 19.4. The molecule has 3 unspecified atom stereocenters. The molecule has 2 aliphatic heterocycles. The second-order valence-corrected chi connectivity index (χ2v) is 8.58. The van der Waals surface area contributed by atoms with E-state index < -0.39 is 6.04 Å². The molecule has 2 aromatic rings. The fourth-order valence-electron chi connectivity index (χ4n) is 4.43. The van der Waals surface area contributed by atoms with Crippen molar-refractivity contribution < 1.29 is 19.1 Å². The molecule has 2 heterocycles. The molecular formula is C26H34N4O4. The Labute approximate surface area is 201 Å². The maximum Gasteiger partial charge on any atom is 0.250 e. The molecule has 2 saturated heterocycles. The summed E-state index contributed by atoms with van der Waals surface area (Å²) in [7, 11) is 1.70. The van der Waals surface area contributed by atoms with E-state index in [2.05, 4.69) is 16.0 Å². The minimum absolute atomic E-state index is 0.0202. The molecule has 2 aromatic carbocycles. The van der Waals surface area contributed by atoms with Crippen molar-refractivity contribution in [1.29, 1.82) is 0 Å². The molecule has 2 aliphatic rings. The molecule has 8 nitrogen and oxygen atoms in total. The summed E-state index contributed by atoms with van der Waals surface area (Å²) in [4.78, 5) is 36.4. The van der Waals surface area contributed by atoms with E-state index in [4.69, 9.17) is 4.74 Å². The van der Waals surface area contributed by atoms with Crippen LogP contribution in [0.15, 0.2) is 60.7 Å². The lowest BCUT2D eigenvalue weighted by Gasteiger charge is -2.40. The van der Waals surface area contributed by atoms with Gasteiger partial charge in [-0.3, -0.25) is 14.4 Å². The second kappa shape index (κ2) is 12.3.